The number of halogens is 1. The Hall–Kier alpha value is -3.44. The first-order chi connectivity index (χ1) is 14.1. The maximum Gasteiger partial charge on any atom is 0.173 e. The molecule has 5 nitrogen and oxygen atoms in total. The largest absolute Gasteiger partial charge is 0.507 e. The molecule has 146 valence electrons. The van der Waals surface area contributed by atoms with Gasteiger partial charge in [-0.3, -0.25) is 5.10 Å². The number of aromatic hydroxyl groups is 1. The minimum atomic E-state index is 0.0552. The zero-order valence-corrected chi connectivity index (χ0v) is 16.5. The average molecular weight is 407 g/mol. The van der Waals surface area contributed by atoms with Crippen LogP contribution >= 0.6 is 11.6 Å². The Morgan fingerprint density at radius 2 is 1.76 bits per heavy atom. The van der Waals surface area contributed by atoms with Crippen LogP contribution in [0, 0.1) is 6.92 Å². The van der Waals surface area contributed by atoms with Crippen molar-refractivity contribution in [2.75, 3.05) is 0 Å². The zero-order chi connectivity index (χ0) is 20.2. The number of rotatable bonds is 6. The molecular weight excluding hydrogens is 388 g/mol. The molecule has 6 heteroatoms. The van der Waals surface area contributed by atoms with Crippen molar-refractivity contribution in [3.05, 3.63) is 89.1 Å². The maximum atomic E-state index is 10.5. The van der Waals surface area contributed by atoms with Crippen LogP contribution in [0.4, 0.5) is 0 Å². The second-order valence-corrected chi connectivity index (χ2v) is 6.99. The fraction of sp³-hybridized carbons (Fsp3) is 0.0870. The third-order valence-electron chi connectivity index (χ3n) is 4.44. The monoisotopic (exact) mass is 406 g/mol. The molecule has 0 aliphatic heterocycles. The van der Waals surface area contributed by atoms with Crippen molar-refractivity contribution < 1.29 is 14.6 Å². The molecule has 29 heavy (non-hydrogen) atoms. The summed E-state index contributed by atoms with van der Waals surface area (Å²) in [5.41, 5.74) is 3.17. The highest BCUT2D eigenvalue weighted by Gasteiger charge is 2.15. The number of phenolic OH excluding ortho intramolecular Hbond substituents is 1. The van der Waals surface area contributed by atoms with Crippen LogP contribution in [0.1, 0.15) is 11.1 Å². The number of benzene rings is 3. The number of aromatic amines is 1. The molecule has 2 N–H and O–H groups in total. The van der Waals surface area contributed by atoms with E-state index in [2.05, 4.69) is 10.2 Å². The van der Waals surface area contributed by atoms with Gasteiger partial charge in [0.2, 0.25) is 0 Å². The number of ether oxygens (including phenoxy) is 2. The van der Waals surface area contributed by atoms with E-state index in [9.17, 15) is 5.11 Å². The molecule has 0 saturated heterocycles. The summed E-state index contributed by atoms with van der Waals surface area (Å²) < 4.78 is 11.7. The molecule has 0 aliphatic rings. The highest BCUT2D eigenvalue weighted by atomic mass is 35.5. The van der Waals surface area contributed by atoms with Crippen LogP contribution in [-0.2, 0) is 6.61 Å². The lowest BCUT2D eigenvalue weighted by Crippen LogP contribution is -1.96. The van der Waals surface area contributed by atoms with Crippen LogP contribution < -0.4 is 9.47 Å². The molecule has 4 aromatic rings. The maximum absolute atomic E-state index is 10.5. The van der Waals surface area contributed by atoms with E-state index in [0.717, 1.165) is 11.1 Å². The van der Waals surface area contributed by atoms with E-state index in [0.29, 0.717) is 40.1 Å². The lowest BCUT2D eigenvalue weighted by molar-refractivity contribution is 0.304. The van der Waals surface area contributed by atoms with E-state index < -0.39 is 0 Å². The van der Waals surface area contributed by atoms with Crippen molar-refractivity contribution in [1.29, 1.82) is 0 Å². The normalized spacial score (nSPS) is 10.7. The smallest absolute Gasteiger partial charge is 0.173 e. The van der Waals surface area contributed by atoms with Crippen molar-refractivity contribution in [2.24, 2.45) is 0 Å². The fourth-order valence-corrected chi connectivity index (χ4v) is 3.06. The SMILES string of the molecule is Cc1ccc(Oc2cn[nH]c2-c2ccc(OCc3ccccc3Cl)cc2O)cc1. The predicted octanol–water partition coefficient (Wildman–Crippen LogP) is 6.12. The van der Waals surface area contributed by atoms with Gasteiger partial charge in [0.05, 0.1) is 6.20 Å². The van der Waals surface area contributed by atoms with Crippen molar-refractivity contribution in [2.45, 2.75) is 13.5 Å². The van der Waals surface area contributed by atoms with E-state index in [1.807, 2.05) is 55.5 Å². The molecule has 0 atom stereocenters. The van der Waals surface area contributed by atoms with E-state index in [4.69, 9.17) is 21.1 Å². The van der Waals surface area contributed by atoms with Crippen LogP contribution in [-0.4, -0.2) is 15.3 Å². The Kier molecular flexibility index (Phi) is 5.40. The Balaban J connectivity index is 1.52. The Labute approximate surface area is 173 Å². The van der Waals surface area contributed by atoms with Gasteiger partial charge >= 0.3 is 0 Å². The van der Waals surface area contributed by atoms with Crippen molar-refractivity contribution in [1.82, 2.24) is 10.2 Å². The third-order valence-corrected chi connectivity index (χ3v) is 4.81. The predicted molar refractivity (Wildman–Crippen MR) is 113 cm³/mol. The van der Waals surface area contributed by atoms with Gasteiger partial charge in [0.25, 0.3) is 0 Å². The Morgan fingerprint density at radius 1 is 1.00 bits per heavy atom. The van der Waals surface area contributed by atoms with Gasteiger partial charge in [-0.15, -0.1) is 0 Å². The van der Waals surface area contributed by atoms with E-state index in [1.165, 1.54) is 0 Å². The number of aromatic nitrogens is 2. The fourth-order valence-electron chi connectivity index (χ4n) is 2.87. The number of hydrogen-bond donors (Lipinski definition) is 2. The number of aryl methyl sites for hydroxylation is 1. The molecule has 0 aliphatic carbocycles. The van der Waals surface area contributed by atoms with Gasteiger partial charge in [0, 0.05) is 22.2 Å². The second-order valence-electron chi connectivity index (χ2n) is 6.58. The molecule has 0 spiro atoms. The topological polar surface area (TPSA) is 67.4 Å². The summed E-state index contributed by atoms with van der Waals surface area (Å²) in [6.07, 6.45) is 1.58. The van der Waals surface area contributed by atoms with Crippen molar-refractivity contribution >= 4 is 11.6 Å². The van der Waals surface area contributed by atoms with Crippen LogP contribution in [0.3, 0.4) is 0 Å². The molecular formula is C23H19ClN2O3. The summed E-state index contributed by atoms with van der Waals surface area (Å²) in [5, 5.41) is 18.1. The van der Waals surface area contributed by atoms with Crippen LogP contribution in [0.5, 0.6) is 23.0 Å². The first-order valence-electron chi connectivity index (χ1n) is 9.07. The van der Waals surface area contributed by atoms with Gasteiger partial charge in [-0.2, -0.15) is 5.10 Å². The summed E-state index contributed by atoms with van der Waals surface area (Å²) in [4.78, 5) is 0. The average Bonchev–Trinajstić information content (AvgIpc) is 3.17. The molecule has 1 heterocycles. The highest BCUT2D eigenvalue weighted by molar-refractivity contribution is 6.31. The number of hydrogen-bond acceptors (Lipinski definition) is 4. The quantitative estimate of drug-likeness (QED) is 0.405. The summed E-state index contributed by atoms with van der Waals surface area (Å²) in [5.74, 6) is 1.80. The van der Waals surface area contributed by atoms with Crippen molar-refractivity contribution in [3.8, 4) is 34.3 Å². The van der Waals surface area contributed by atoms with E-state index in [-0.39, 0.29) is 5.75 Å². The first kappa shape index (κ1) is 18.9. The molecule has 0 radical (unpaired) electrons. The third kappa shape index (κ3) is 4.36. The van der Waals surface area contributed by atoms with Gasteiger partial charge in [0.15, 0.2) is 5.75 Å². The Bertz CT molecular complexity index is 1120. The number of nitrogens with zero attached hydrogens (tertiary/aromatic N) is 1. The van der Waals surface area contributed by atoms with Gasteiger partial charge in [-0.1, -0.05) is 47.5 Å². The molecule has 1 aromatic heterocycles. The molecule has 0 amide bonds. The summed E-state index contributed by atoms with van der Waals surface area (Å²) in [6, 6.07) is 20.3. The van der Waals surface area contributed by atoms with Crippen molar-refractivity contribution in [3.63, 3.8) is 0 Å². The number of phenols is 1. The summed E-state index contributed by atoms with van der Waals surface area (Å²) in [7, 11) is 0. The van der Waals surface area contributed by atoms with Gasteiger partial charge in [-0.05, 0) is 37.3 Å². The standard InChI is InChI=1S/C23H19ClN2O3/c1-15-6-8-17(9-7-15)29-22-13-25-26-23(22)19-11-10-18(12-21(19)27)28-14-16-4-2-3-5-20(16)24/h2-13,27H,14H2,1H3,(H,25,26). The second kappa shape index (κ2) is 8.29. The minimum absolute atomic E-state index is 0.0552. The molecule has 4 rings (SSSR count). The first-order valence-corrected chi connectivity index (χ1v) is 9.45. The highest BCUT2D eigenvalue weighted by Crippen LogP contribution is 2.38. The molecule has 3 aromatic carbocycles. The lowest BCUT2D eigenvalue weighted by Gasteiger charge is -2.11. The molecule has 0 fully saturated rings. The molecule has 0 unspecified atom stereocenters. The van der Waals surface area contributed by atoms with E-state index in [1.54, 1.807) is 24.4 Å². The van der Waals surface area contributed by atoms with Gasteiger partial charge in [-0.25, -0.2) is 0 Å². The molecule has 0 saturated carbocycles. The summed E-state index contributed by atoms with van der Waals surface area (Å²) >= 11 is 6.15. The number of H-pyrrole nitrogens is 1. The van der Waals surface area contributed by atoms with E-state index >= 15 is 0 Å². The minimum Gasteiger partial charge on any atom is -0.507 e. The number of nitrogens with one attached hydrogen (secondary N) is 1. The Morgan fingerprint density at radius 3 is 2.52 bits per heavy atom. The van der Waals surface area contributed by atoms with Crippen LogP contribution in [0.25, 0.3) is 11.3 Å². The van der Waals surface area contributed by atoms with Crippen LogP contribution in [0.15, 0.2) is 72.9 Å². The summed E-state index contributed by atoms with van der Waals surface area (Å²) in [6.45, 7) is 2.32. The van der Waals surface area contributed by atoms with Gasteiger partial charge < -0.3 is 14.6 Å². The van der Waals surface area contributed by atoms with Crippen LogP contribution in [0.2, 0.25) is 5.02 Å². The van der Waals surface area contributed by atoms with Gasteiger partial charge in [0.1, 0.15) is 29.5 Å². The zero-order valence-electron chi connectivity index (χ0n) is 15.7. The molecule has 0 bridgehead atoms. The lowest BCUT2D eigenvalue weighted by atomic mass is 10.1.